The Morgan fingerprint density at radius 2 is 1.80 bits per heavy atom. The summed E-state index contributed by atoms with van der Waals surface area (Å²) < 4.78 is 60.4. The Balaban J connectivity index is 1.98. The lowest BCUT2D eigenvalue weighted by Gasteiger charge is -2.38. The number of hydrogen-bond donors (Lipinski definition) is 3. The van der Waals surface area contributed by atoms with E-state index in [4.69, 9.17) is 16.2 Å². The number of nitrogens with one attached hydrogen (secondary N) is 1. The first-order valence-corrected chi connectivity index (χ1v) is 16.3. The number of amides is 1. The molecule has 0 aliphatic heterocycles. The number of aliphatic hydroxyl groups excluding tert-OH is 1. The zero-order chi connectivity index (χ0) is 30.4. The number of sulfonamides is 1. The molecule has 13 heteroatoms. The first kappa shape index (κ1) is 32.6. The van der Waals surface area contributed by atoms with Gasteiger partial charge < -0.3 is 10.4 Å². The second kappa shape index (κ2) is 13.4. The minimum atomic E-state index is -4.22. The van der Waals surface area contributed by atoms with Crippen LogP contribution in [0.15, 0.2) is 65.8 Å². The van der Waals surface area contributed by atoms with Crippen LogP contribution in [0.1, 0.15) is 43.4 Å². The molecule has 0 aliphatic carbocycles. The summed E-state index contributed by atoms with van der Waals surface area (Å²) in [5.74, 6) is -1.09. The molecule has 222 valence electrons. The van der Waals surface area contributed by atoms with Gasteiger partial charge >= 0.3 is 0 Å². The zero-order valence-electron chi connectivity index (χ0n) is 23.0. The first-order valence-electron chi connectivity index (χ1n) is 12.8. The molecular weight excluding hydrogens is 590 g/mol. The molecule has 41 heavy (non-hydrogen) atoms. The summed E-state index contributed by atoms with van der Waals surface area (Å²) in [5.41, 5.74) is 2.14. The highest BCUT2D eigenvalue weighted by molar-refractivity contribution is 7.89. The molecule has 0 radical (unpaired) electrons. The number of halogens is 1. The number of pyridine rings is 1. The molecule has 0 aliphatic rings. The molecule has 0 saturated heterocycles. The summed E-state index contributed by atoms with van der Waals surface area (Å²) in [7, 11) is -8.35. The van der Waals surface area contributed by atoms with Gasteiger partial charge in [-0.15, -0.1) is 0 Å². The number of carbonyl (C=O) groups is 1. The van der Waals surface area contributed by atoms with Gasteiger partial charge in [-0.25, -0.2) is 8.42 Å². The number of benzene rings is 2. The van der Waals surface area contributed by atoms with Crippen molar-refractivity contribution in [3.05, 3.63) is 82.6 Å². The van der Waals surface area contributed by atoms with Crippen LogP contribution in [0, 0.1) is 6.92 Å². The van der Waals surface area contributed by atoms with E-state index in [-0.39, 0.29) is 37.4 Å². The number of hydrogen-bond acceptors (Lipinski definition) is 7. The maximum Gasteiger partial charge on any atom is 0.266 e. The summed E-state index contributed by atoms with van der Waals surface area (Å²) in [6, 6.07) is 13.8. The molecule has 10 nitrogen and oxygen atoms in total. The van der Waals surface area contributed by atoms with Crippen molar-refractivity contribution in [2.24, 2.45) is 0 Å². The first-order chi connectivity index (χ1) is 19.2. The predicted octanol–water partition coefficient (Wildman–Crippen LogP) is 3.91. The van der Waals surface area contributed by atoms with Crippen molar-refractivity contribution in [3.8, 4) is 11.1 Å². The summed E-state index contributed by atoms with van der Waals surface area (Å²) in [4.78, 5) is 16.4. The molecule has 0 fully saturated rings. The number of nitrogens with zero attached hydrogens (tertiary/aromatic N) is 2. The average Bonchev–Trinajstić information content (AvgIpc) is 2.91. The Labute approximate surface area is 246 Å². The van der Waals surface area contributed by atoms with E-state index >= 15 is 0 Å². The highest BCUT2D eigenvalue weighted by atomic mass is 35.5. The van der Waals surface area contributed by atoms with Crippen LogP contribution >= 0.6 is 11.6 Å². The number of aliphatic hydroxyl groups is 1. The quantitative estimate of drug-likeness (QED) is 0.242. The molecular formula is C28H34ClN3O7S2. The summed E-state index contributed by atoms with van der Waals surface area (Å²) in [6.07, 6.45) is 3.26. The summed E-state index contributed by atoms with van der Waals surface area (Å²) in [6.45, 7) is 4.67. The number of carbonyl (C=O) groups excluding carboxylic acids is 1. The normalized spacial score (nSPS) is 12.5. The highest BCUT2D eigenvalue weighted by Crippen LogP contribution is 2.37. The van der Waals surface area contributed by atoms with E-state index in [9.17, 15) is 26.7 Å². The van der Waals surface area contributed by atoms with Gasteiger partial charge in [-0.3, -0.25) is 14.3 Å². The van der Waals surface area contributed by atoms with E-state index in [0.717, 1.165) is 11.1 Å². The molecule has 0 unspecified atom stereocenters. The average molecular weight is 624 g/mol. The second-order valence-electron chi connectivity index (χ2n) is 10.0. The van der Waals surface area contributed by atoms with Crippen LogP contribution in [-0.2, 0) is 37.1 Å². The van der Waals surface area contributed by atoms with Gasteiger partial charge in [0.15, 0.2) is 0 Å². The Bertz CT molecular complexity index is 1610. The van der Waals surface area contributed by atoms with E-state index < -0.39 is 37.3 Å². The molecule has 0 saturated carbocycles. The topological polar surface area (TPSA) is 154 Å². The van der Waals surface area contributed by atoms with Gasteiger partial charge in [-0.1, -0.05) is 35.9 Å². The van der Waals surface area contributed by atoms with Crippen LogP contribution in [0.3, 0.4) is 0 Å². The number of aromatic nitrogens is 1. The minimum Gasteiger partial charge on any atom is -0.392 e. The molecule has 2 aromatic carbocycles. The molecule has 3 rings (SSSR count). The molecule has 3 N–H and O–H groups in total. The SMILES string of the molecule is Cc1c(Cl)cccc1S(=O)(=O)N(CCCC(=O)NCCS(=O)(=O)O)C(C)(C)c1cccc(-c2ccncc2CO)c1. The Kier molecular flexibility index (Phi) is 10.7. The zero-order valence-corrected chi connectivity index (χ0v) is 25.4. The standard InChI is InChI=1S/C28H34ClN3O7S2/c1-20-25(29)9-5-10-26(20)41(38,39)32(15-6-11-27(34)31-14-16-40(35,36)37)28(2,3)23-8-4-7-21(17-23)24-12-13-30-18-22(24)19-33/h4-5,7-10,12-13,17-18,33H,6,11,14-16,19H2,1-3H3,(H,31,34)(H,35,36,37). The van der Waals surface area contributed by atoms with Crippen LogP contribution in [0.25, 0.3) is 11.1 Å². The molecule has 1 heterocycles. The molecule has 3 aromatic rings. The van der Waals surface area contributed by atoms with Crippen LogP contribution in [-0.4, -0.2) is 60.5 Å². The fourth-order valence-electron chi connectivity index (χ4n) is 4.52. The van der Waals surface area contributed by atoms with Crippen molar-refractivity contribution in [1.29, 1.82) is 0 Å². The molecule has 1 aromatic heterocycles. The molecule has 1 amide bonds. The lowest BCUT2D eigenvalue weighted by Crippen LogP contribution is -2.46. The summed E-state index contributed by atoms with van der Waals surface area (Å²) >= 11 is 6.28. The van der Waals surface area contributed by atoms with Crippen LogP contribution < -0.4 is 5.32 Å². The van der Waals surface area contributed by atoms with E-state index in [1.165, 1.54) is 10.4 Å². The van der Waals surface area contributed by atoms with Gasteiger partial charge in [0.25, 0.3) is 10.1 Å². The van der Waals surface area contributed by atoms with Crippen molar-refractivity contribution >= 4 is 37.6 Å². The van der Waals surface area contributed by atoms with E-state index in [2.05, 4.69) is 10.3 Å². The maximum atomic E-state index is 14.2. The Morgan fingerprint density at radius 1 is 1.10 bits per heavy atom. The van der Waals surface area contributed by atoms with Crippen molar-refractivity contribution in [2.75, 3.05) is 18.8 Å². The van der Waals surface area contributed by atoms with Gasteiger partial charge in [0.1, 0.15) is 0 Å². The lowest BCUT2D eigenvalue weighted by atomic mass is 9.90. The third kappa shape index (κ3) is 8.12. The minimum absolute atomic E-state index is 0.0334. The third-order valence-corrected chi connectivity index (χ3v) is 10.2. The molecule has 0 bridgehead atoms. The van der Waals surface area contributed by atoms with Crippen molar-refractivity contribution in [2.45, 2.75) is 50.7 Å². The van der Waals surface area contributed by atoms with Crippen molar-refractivity contribution in [3.63, 3.8) is 0 Å². The summed E-state index contributed by atoms with van der Waals surface area (Å²) in [5, 5.41) is 12.5. The van der Waals surface area contributed by atoms with Crippen LogP contribution in [0.2, 0.25) is 5.02 Å². The fourth-order valence-corrected chi connectivity index (χ4v) is 7.17. The van der Waals surface area contributed by atoms with Crippen LogP contribution in [0.4, 0.5) is 0 Å². The third-order valence-electron chi connectivity index (χ3n) is 6.81. The van der Waals surface area contributed by atoms with E-state index in [1.807, 2.05) is 24.3 Å². The Hall–Kier alpha value is -2.87. The fraction of sp³-hybridized carbons (Fsp3) is 0.357. The van der Waals surface area contributed by atoms with E-state index in [1.54, 1.807) is 51.4 Å². The predicted molar refractivity (Wildman–Crippen MR) is 157 cm³/mol. The monoisotopic (exact) mass is 623 g/mol. The van der Waals surface area contributed by atoms with Gasteiger partial charge in [0.2, 0.25) is 15.9 Å². The van der Waals surface area contributed by atoms with Crippen LogP contribution in [0.5, 0.6) is 0 Å². The van der Waals surface area contributed by atoms with Gasteiger partial charge in [0.05, 0.1) is 22.8 Å². The maximum absolute atomic E-state index is 14.2. The molecule has 0 atom stereocenters. The van der Waals surface area contributed by atoms with Crippen molar-refractivity contribution in [1.82, 2.24) is 14.6 Å². The molecule has 0 spiro atoms. The van der Waals surface area contributed by atoms with Gasteiger partial charge in [-0.2, -0.15) is 12.7 Å². The van der Waals surface area contributed by atoms with Crippen molar-refractivity contribution < 1.29 is 31.3 Å². The van der Waals surface area contributed by atoms with Gasteiger partial charge in [-0.05, 0) is 73.7 Å². The number of rotatable bonds is 13. The smallest absolute Gasteiger partial charge is 0.266 e. The van der Waals surface area contributed by atoms with Gasteiger partial charge in [0, 0.05) is 42.5 Å². The highest BCUT2D eigenvalue weighted by Gasteiger charge is 2.39. The largest absolute Gasteiger partial charge is 0.392 e. The Morgan fingerprint density at radius 3 is 2.49 bits per heavy atom. The van der Waals surface area contributed by atoms with E-state index in [0.29, 0.717) is 21.7 Å². The lowest BCUT2D eigenvalue weighted by molar-refractivity contribution is -0.121. The second-order valence-corrected chi connectivity index (χ2v) is 13.8.